The Bertz CT molecular complexity index is 429. The molecule has 1 fully saturated rings. The minimum absolute atomic E-state index is 0.499. The van der Waals surface area contributed by atoms with E-state index < -0.39 is 11.4 Å². The molecular formula is C14H21NO2S. The van der Waals surface area contributed by atoms with Crippen molar-refractivity contribution in [2.75, 3.05) is 13.1 Å². The number of nitrogens with zero attached hydrogens (tertiary/aromatic N) is 1. The van der Waals surface area contributed by atoms with Crippen molar-refractivity contribution in [1.29, 1.82) is 0 Å². The van der Waals surface area contributed by atoms with Gasteiger partial charge in [0.25, 0.3) is 0 Å². The first-order chi connectivity index (χ1) is 8.55. The van der Waals surface area contributed by atoms with Gasteiger partial charge in [0.2, 0.25) is 0 Å². The van der Waals surface area contributed by atoms with Gasteiger partial charge in [-0.05, 0) is 38.4 Å². The Hall–Kier alpha value is -0.870. The van der Waals surface area contributed by atoms with Gasteiger partial charge in [-0.3, -0.25) is 9.69 Å². The molecule has 1 unspecified atom stereocenters. The van der Waals surface area contributed by atoms with E-state index in [1.807, 2.05) is 11.3 Å². The molecule has 0 aromatic carbocycles. The molecule has 0 radical (unpaired) electrons. The molecule has 0 spiro atoms. The minimum atomic E-state index is -0.616. The minimum Gasteiger partial charge on any atom is -0.481 e. The Morgan fingerprint density at radius 1 is 1.56 bits per heavy atom. The van der Waals surface area contributed by atoms with Crippen LogP contribution in [0.5, 0.6) is 0 Å². The van der Waals surface area contributed by atoms with Crippen LogP contribution in [0.3, 0.4) is 0 Å². The van der Waals surface area contributed by atoms with Gasteiger partial charge < -0.3 is 5.11 Å². The number of aliphatic carboxylic acids is 1. The standard InChI is InChI=1S/C14H21NO2S/c1-3-6-14(13(16)17)7-8-15(10-14)9-12-5-4-11(2)18-12/h4-5H,3,6-10H2,1-2H3,(H,16,17). The second-order valence-electron chi connectivity index (χ2n) is 5.31. The average Bonchev–Trinajstić information content (AvgIpc) is 2.88. The Morgan fingerprint density at radius 3 is 2.89 bits per heavy atom. The number of thiophene rings is 1. The van der Waals surface area contributed by atoms with Gasteiger partial charge >= 0.3 is 5.97 Å². The topological polar surface area (TPSA) is 40.5 Å². The molecule has 1 N–H and O–H groups in total. The smallest absolute Gasteiger partial charge is 0.310 e. The molecule has 1 aromatic heterocycles. The highest BCUT2D eigenvalue weighted by Crippen LogP contribution is 2.36. The third-order valence-corrected chi connectivity index (χ3v) is 4.78. The van der Waals surface area contributed by atoms with E-state index in [0.29, 0.717) is 6.54 Å². The van der Waals surface area contributed by atoms with E-state index in [-0.39, 0.29) is 0 Å². The third-order valence-electron chi connectivity index (χ3n) is 3.79. The maximum Gasteiger partial charge on any atom is 0.310 e. The molecule has 1 aliphatic heterocycles. The lowest BCUT2D eigenvalue weighted by Crippen LogP contribution is -2.34. The highest BCUT2D eigenvalue weighted by atomic mass is 32.1. The van der Waals surface area contributed by atoms with E-state index in [0.717, 1.165) is 32.4 Å². The SMILES string of the molecule is CCCC1(C(=O)O)CCN(Cc2ccc(C)s2)C1. The number of carboxylic acid groups (broad SMARTS) is 1. The molecule has 4 heteroatoms. The summed E-state index contributed by atoms with van der Waals surface area (Å²) in [5.41, 5.74) is -0.499. The molecular weight excluding hydrogens is 246 g/mol. The van der Waals surface area contributed by atoms with Crippen LogP contribution in [0.15, 0.2) is 12.1 Å². The van der Waals surface area contributed by atoms with Crippen LogP contribution < -0.4 is 0 Å². The van der Waals surface area contributed by atoms with Crippen LogP contribution in [0.2, 0.25) is 0 Å². The summed E-state index contributed by atoms with van der Waals surface area (Å²) < 4.78 is 0. The van der Waals surface area contributed by atoms with Crippen LogP contribution >= 0.6 is 11.3 Å². The first-order valence-electron chi connectivity index (χ1n) is 6.57. The summed E-state index contributed by atoms with van der Waals surface area (Å²) in [7, 11) is 0. The van der Waals surface area contributed by atoms with Gasteiger partial charge in [0.15, 0.2) is 0 Å². The number of carboxylic acids is 1. The normalized spacial score (nSPS) is 24.6. The fraction of sp³-hybridized carbons (Fsp3) is 0.643. The number of carbonyl (C=O) groups is 1. The molecule has 1 aromatic rings. The number of aryl methyl sites for hydroxylation is 1. The van der Waals surface area contributed by atoms with Gasteiger partial charge in [0, 0.05) is 22.8 Å². The van der Waals surface area contributed by atoms with Gasteiger partial charge in [-0.15, -0.1) is 11.3 Å². The van der Waals surface area contributed by atoms with Crippen LogP contribution in [0.25, 0.3) is 0 Å². The molecule has 100 valence electrons. The zero-order valence-electron chi connectivity index (χ0n) is 11.1. The largest absolute Gasteiger partial charge is 0.481 e. The van der Waals surface area contributed by atoms with Crippen molar-refractivity contribution in [3.8, 4) is 0 Å². The van der Waals surface area contributed by atoms with E-state index in [1.165, 1.54) is 9.75 Å². The van der Waals surface area contributed by atoms with Crippen molar-refractivity contribution in [3.63, 3.8) is 0 Å². The molecule has 0 bridgehead atoms. The number of hydrogen-bond acceptors (Lipinski definition) is 3. The summed E-state index contributed by atoms with van der Waals surface area (Å²) in [6.45, 7) is 6.68. The second kappa shape index (κ2) is 5.41. The van der Waals surface area contributed by atoms with Crippen molar-refractivity contribution in [2.45, 2.75) is 39.7 Å². The summed E-state index contributed by atoms with van der Waals surface area (Å²) in [5, 5.41) is 9.46. The van der Waals surface area contributed by atoms with Gasteiger partial charge in [-0.1, -0.05) is 13.3 Å². The van der Waals surface area contributed by atoms with Gasteiger partial charge in [-0.2, -0.15) is 0 Å². The Morgan fingerprint density at radius 2 is 2.33 bits per heavy atom. The van der Waals surface area contributed by atoms with Crippen LogP contribution in [-0.4, -0.2) is 29.1 Å². The van der Waals surface area contributed by atoms with E-state index in [1.54, 1.807) is 0 Å². The maximum atomic E-state index is 11.5. The molecule has 0 aliphatic carbocycles. The second-order valence-corrected chi connectivity index (χ2v) is 6.68. The van der Waals surface area contributed by atoms with Gasteiger partial charge in [0.1, 0.15) is 0 Å². The first kappa shape index (κ1) is 13.6. The molecule has 3 nitrogen and oxygen atoms in total. The van der Waals surface area contributed by atoms with Gasteiger partial charge in [-0.25, -0.2) is 0 Å². The Balaban J connectivity index is 2.00. The maximum absolute atomic E-state index is 11.5. The quantitative estimate of drug-likeness (QED) is 0.891. The molecule has 1 saturated heterocycles. The van der Waals surface area contributed by atoms with Crippen molar-refractivity contribution in [2.24, 2.45) is 5.41 Å². The Kier molecular flexibility index (Phi) is 4.07. The van der Waals surface area contributed by atoms with Crippen LogP contribution in [0.1, 0.15) is 35.9 Å². The monoisotopic (exact) mass is 267 g/mol. The zero-order chi connectivity index (χ0) is 13.2. The summed E-state index contributed by atoms with van der Waals surface area (Å²) in [4.78, 5) is 16.4. The predicted octanol–water partition coefficient (Wildman–Crippen LogP) is 3.13. The molecule has 0 saturated carbocycles. The van der Waals surface area contributed by atoms with Crippen molar-refractivity contribution in [3.05, 3.63) is 21.9 Å². The lowest BCUT2D eigenvalue weighted by atomic mass is 9.83. The summed E-state index contributed by atoms with van der Waals surface area (Å²) in [6, 6.07) is 4.28. The fourth-order valence-corrected chi connectivity index (χ4v) is 3.78. The van der Waals surface area contributed by atoms with E-state index in [9.17, 15) is 9.90 Å². The van der Waals surface area contributed by atoms with Crippen LogP contribution in [0, 0.1) is 12.3 Å². The van der Waals surface area contributed by atoms with E-state index in [4.69, 9.17) is 0 Å². The third kappa shape index (κ3) is 2.75. The van der Waals surface area contributed by atoms with Crippen LogP contribution in [0.4, 0.5) is 0 Å². The van der Waals surface area contributed by atoms with Crippen molar-refractivity contribution >= 4 is 17.3 Å². The summed E-state index contributed by atoms with van der Waals surface area (Å²) >= 11 is 1.81. The molecule has 1 atom stereocenters. The van der Waals surface area contributed by atoms with Crippen LogP contribution in [-0.2, 0) is 11.3 Å². The van der Waals surface area contributed by atoms with E-state index >= 15 is 0 Å². The number of hydrogen-bond donors (Lipinski definition) is 1. The zero-order valence-corrected chi connectivity index (χ0v) is 11.9. The highest BCUT2D eigenvalue weighted by molar-refractivity contribution is 7.11. The molecule has 0 amide bonds. The van der Waals surface area contributed by atoms with Gasteiger partial charge in [0.05, 0.1) is 5.41 Å². The van der Waals surface area contributed by atoms with Crippen molar-refractivity contribution in [1.82, 2.24) is 4.90 Å². The average molecular weight is 267 g/mol. The molecule has 2 rings (SSSR count). The van der Waals surface area contributed by atoms with E-state index in [2.05, 4.69) is 30.9 Å². The Labute approximate surface area is 112 Å². The molecule has 1 aliphatic rings. The first-order valence-corrected chi connectivity index (χ1v) is 7.38. The predicted molar refractivity (Wildman–Crippen MR) is 73.9 cm³/mol. The lowest BCUT2D eigenvalue weighted by molar-refractivity contribution is -0.148. The van der Waals surface area contributed by atoms with Crippen molar-refractivity contribution < 1.29 is 9.90 Å². The number of likely N-dealkylation sites (tertiary alicyclic amines) is 1. The summed E-state index contributed by atoms with van der Waals surface area (Å²) in [6.07, 6.45) is 2.53. The fourth-order valence-electron chi connectivity index (χ4n) is 2.85. The lowest BCUT2D eigenvalue weighted by Gasteiger charge is -2.24. The molecule has 2 heterocycles. The molecule has 18 heavy (non-hydrogen) atoms. The highest BCUT2D eigenvalue weighted by Gasteiger charge is 2.43. The summed E-state index contributed by atoms with van der Waals surface area (Å²) in [5.74, 6) is -0.616. The number of rotatable bonds is 5.